The molecule has 1 aromatic carbocycles. The molecule has 0 aliphatic rings. The largest absolute Gasteiger partial charge is 0.381 e. The summed E-state index contributed by atoms with van der Waals surface area (Å²) < 4.78 is 16.5. The molecule has 2 N–H and O–H groups in total. The monoisotopic (exact) mass is 379 g/mol. The second kappa shape index (κ2) is 15.4. The molecule has 154 valence electrons. The van der Waals surface area contributed by atoms with Gasteiger partial charge < -0.3 is 24.8 Å². The smallest absolute Gasteiger partial charge is 0.191 e. The minimum Gasteiger partial charge on any atom is -0.381 e. The number of hydrogen-bond acceptors (Lipinski definition) is 4. The molecule has 6 heteroatoms. The quantitative estimate of drug-likeness (QED) is 0.296. The molecule has 0 unspecified atom stereocenters. The first-order chi connectivity index (χ1) is 13.2. The number of benzene rings is 1. The zero-order valence-electron chi connectivity index (χ0n) is 17.4. The minimum absolute atomic E-state index is 0.582. The molecule has 1 aromatic rings. The third kappa shape index (κ3) is 12.4. The lowest BCUT2D eigenvalue weighted by Gasteiger charge is -2.13. The lowest BCUT2D eigenvalue weighted by Crippen LogP contribution is -2.37. The third-order valence-corrected chi connectivity index (χ3v) is 3.73. The summed E-state index contributed by atoms with van der Waals surface area (Å²) >= 11 is 0. The van der Waals surface area contributed by atoms with Crippen molar-refractivity contribution in [3.63, 3.8) is 0 Å². The summed E-state index contributed by atoms with van der Waals surface area (Å²) in [6, 6.07) is 8.39. The van der Waals surface area contributed by atoms with Crippen LogP contribution in [0.1, 0.15) is 38.3 Å². The van der Waals surface area contributed by atoms with Crippen LogP contribution in [0.3, 0.4) is 0 Å². The van der Waals surface area contributed by atoms with Crippen molar-refractivity contribution in [1.82, 2.24) is 10.6 Å². The van der Waals surface area contributed by atoms with Crippen LogP contribution in [0.2, 0.25) is 0 Å². The molecule has 0 fully saturated rings. The Kier molecular flexibility index (Phi) is 13.4. The third-order valence-electron chi connectivity index (χ3n) is 3.73. The van der Waals surface area contributed by atoms with E-state index in [9.17, 15) is 0 Å². The average molecular weight is 380 g/mol. The van der Waals surface area contributed by atoms with Gasteiger partial charge in [-0.1, -0.05) is 38.1 Å². The standard InChI is InChI=1S/C21H37N3O3/c1-5-25-12-13-27-17-20-9-6-8-19(14-20)15-24-21(22-4)23-10-7-11-26-16-18(2)3/h6,8-9,14,18H,5,7,10-13,15-17H2,1-4H3,(H2,22,23,24). The van der Waals surface area contributed by atoms with Crippen molar-refractivity contribution < 1.29 is 14.2 Å². The van der Waals surface area contributed by atoms with E-state index in [1.54, 1.807) is 7.05 Å². The Morgan fingerprint density at radius 3 is 2.56 bits per heavy atom. The van der Waals surface area contributed by atoms with Crippen molar-refractivity contribution in [2.24, 2.45) is 10.9 Å². The minimum atomic E-state index is 0.582. The number of guanidine groups is 1. The van der Waals surface area contributed by atoms with Crippen LogP contribution in [0.25, 0.3) is 0 Å². The van der Waals surface area contributed by atoms with Gasteiger partial charge >= 0.3 is 0 Å². The highest BCUT2D eigenvalue weighted by molar-refractivity contribution is 5.79. The molecule has 0 aliphatic carbocycles. The van der Waals surface area contributed by atoms with E-state index in [4.69, 9.17) is 14.2 Å². The first-order valence-corrected chi connectivity index (χ1v) is 9.91. The van der Waals surface area contributed by atoms with Crippen LogP contribution in [-0.2, 0) is 27.4 Å². The highest BCUT2D eigenvalue weighted by atomic mass is 16.5. The highest BCUT2D eigenvalue weighted by Gasteiger charge is 2.01. The van der Waals surface area contributed by atoms with Gasteiger partial charge in [0.05, 0.1) is 19.8 Å². The van der Waals surface area contributed by atoms with Crippen LogP contribution < -0.4 is 10.6 Å². The van der Waals surface area contributed by atoms with E-state index >= 15 is 0 Å². The fourth-order valence-corrected chi connectivity index (χ4v) is 2.39. The molecule has 0 radical (unpaired) electrons. The van der Waals surface area contributed by atoms with Crippen molar-refractivity contribution >= 4 is 5.96 Å². The van der Waals surface area contributed by atoms with Gasteiger partial charge in [-0.2, -0.15) is 0 Å². The van der Waals surface area contributed by atoms with Crippen LogP contribution in [0.4, 0.5) is 0 Å². The summed E-state index contributed by atoms with van der Waals surface area (Å²) in [5.41, 5.74) is 2.36. The van der Waals surface area contributed by atoms with E-state index in [0.717, 1.165) is 50.9 Å². The zero-order valence-corrected chi connectivity index (χ0v) is 17.4. The Hall–Kier alpha value is -1.63. The Morgan fingerprint density at radius 2 is 1.81 bits per heavy atom. The number of nitrogens with zero attached hydrogens (tertiary/aromatic N) is 1. The summed E-state index contributed by atoms with van der Waals surface area (Å²) in [4.78, 5) is 4.26. The van der Waals surface area contributed by atoms with Crippen molar-refractivity contribution in [2.45, 2.75) is 40.3 Å². The fraction of sp³-hybridized carbons (Fsp3) is 0.667. The van der Waals surface area contributed by atoms with E-state index < -0.39 is 0 Å². The predicted octanol–water partition coefficient (Wildman–Crippen LogP) is 2.97. The van der Waals surface area contributed by atoms with Gasteiger partial charge in [0.15, 0.2) is 5.96 Å². The summed E-state index contributed by atoms with van der Waals surface area (Å²) in [6.45, 7) is 12.0. The van der Waals surface area contributed by atoms with E-state index in [2.05, 4.69) is 53.7 Å². The summed E-state index contributed by atoms with van der Waals surface area (Å²) in [5.74, 6) is 1.38. The second-order valence-corrected chi connectivity index (χ2v) is 6.74. The van der Waals surface area contributed by atoms with Gasteiger partial charge in [-0.25, -0.2) is 0 Å². The van der Waals surface area contributed by atoms with Gasteiger partial charge in [0.25, 0.3) is 0 Å². The average Bonchev–Trinajstić information content (AvgIpc) is 2.67. The normalized spacial score (nSPS) is 11.8. The van der Waals surface area contributed by atoms with Crippen LogP contribution in [0, 0.1) is 5.92 Å². The maximum atomic E-state index is 5.63. The molecule has 6 nitrogen and oxygen atoms in total. The molecule has 0 amide bonds. The van der Waals surface area contributed by atoms with Crippen molar-refractivity contribution in [3.8, 4) is 0 Å². The molecule has 0 heterocycles. The van der Waals surface area contributed by atoms with E-state index in [0.29, 0.717) is 25.7 Å². The molecule has 27 heavy (non-hydrogen) atoms. The number of hydrogen-bond donors (Lipinski definition) is 2. The number of ether oxygens (including phenoxy) is 3. The summed E-state index contributed by atoms with van der Waals surface area (Å²) in [6.07, 6.45) is 0.960. The summed E-state index contributed by atoms with van der Waals surface area (Å²) in [7, 11) is 1.78. The summed E-state index contributed by atoms with van der Waals surface area (Å²) in [5, 5.41) is 6.66. The van der Waals surface area contributed by atoms with Gasteiger partial charge in [-0.15, -0.1) is 0 Å². The maximum Gasteiger partial charge on any atom is 0.191 e. The van der Waals surface area contributed by atoms with E-state index in [-0.39, 0.29) is 0 Å². The van der Waals surface area contributed by atoms with Crippen molar-refractivity contribution in [1.29, 1.82) is 0 Å². The Labute approximate surface area is 164 Å². The van der Waals surface area contributed by atoms with Gasteiger partial charge in [0.2, 0.25) is 0 Å². The SMILES string of the molecule is CCOCCOCc1cccc(CNC(=NC)NCCCOCC(C)C)c1. The molecule has 1 rings (SSSR count). The molecule has 0 spiro atoms. The Balaban J connectivity index is 2.24. The van der Waals surface area contributed by atoms with Gasteiger partial charge in [-0.3, -0.25) is 4.99 Å². The van der Waals surface area contributed by atoms with Crippen LogP contribution in [0.5, 0.6) is 0 Å². The zero-order chi connectivity index (χ0) is 19.7. The molecule has 0 saturated heterocycles. The molecule has 0 bridgehead atoms. The molecule has 0 aliphatic heterocycles. The number of rotatable bonds is 14. The fourth-order valence-electron chi connectivity index (χ4n) is 2.39. The Morgan fingerprint density at radius 1 is 1.04 bits per heavy atom. The lowest BCUT2D eigenvalue weighted by atomic mass is 10.1. The van der Waals surface area contributed by atoms with Gasteiger partial charge in [0.1, 0.15) is 0 Å². The first-order valence-electron chi connectivity index (χ1n) is 9.91. The first kappa shape index (κ1) is 23.4. The van der Waals surface area contributed by atoms with Crippen LogP contribution in [-0.4, -0.2) is 52.6 Å². The predicted molar refractivity (Wildman–Crippen MR) is 111 cm³/mol. The van der Waals surface area contributed by atoms with Crippen molar-refractivity contribution in [3.05, 3.63) is 35.4 Å². The molecule has 0 saturated carbocycles. The second-order valence-electron chi connectivity index (χ2n) is 6.74. The molecular formula is C21H37N3O3. The van der Waals surface area contributed by atoms with Gasteiger partial charge in [0, 0.05) is 40.0 Å². The van der Waals surface area contributed by atoms with E-state index in [1.165, 1.54) is 5.56 Å². The number of nitrogens with one attached hydrogen (secondary N) is 2. The molecular weight excluding hydrogens is 342 g/mol. The topological polar surface area (TPSA) is 64.1 Å². The van der Waals surface area contributed by atoms with Gasteiger partial charge in [-0.05, 0) is 30.4 Å². The van der Waals surface area contributed by atoms with Crippen molar-refractivity contribution in [2.75, 3.05) is 46.6 Å². The maximum absolute atomic E-state index is 5.63. The molecule has 0 aromatic heterocycles. The van der Waals surface area contributed by atoms with Crippen LogP contribution in [0.15, 0.2) is 29.3 Å². The van der Waals surface area contributed by atoms with Crippen LogP contribution >= 0.6 is 0 Å². The highest BCUT2D eigenvalue weighted by Crippen LogP contribution is 2.06. The number of aliphatic imine (C=N–C) groups is 1. The van der Waals surface area contributed by atoms with E-state index in [1.807, 2.05) is 6.92 Å². The molecule has 0 atom stereocenters. The lowest BCUT2D eigenvalue weighted by molar-refractivity contribution is 0.0453. The Bertz CT molecular complexity index is 521.